The lowest BCUT2D eigenvalue weighted by atomic mass is 10.0. The van der Waals surface area contributed by atoms with Crippen molar-refractivity contribution in [1.29, 1.82) is 0 Å². The molecule has 0 spiro atoms. The Morgan fingerprint density at radius 2 is 2.14 bits per heavy atom. The van der Waals surface area contributed by atoms with Crippen LogP contribution in [0.1, 0.15) is 18.0 Å². The molecule has 122 valence electrons. The molecule has 7 nitrogen and oxygen atoms in total. The molecule has 0 aromatic carbocycles. The zero-order chi connectivity index (χ0) is 15.4. The Bertz CT molecular complexity index is 485. The third-order valence-corrected chi connectivity index (χ3v) is 4.41. The average molecular weight is 307 g/mol. The van der Waals surface area contributed by atoms with Crippen LogP contribution < -0.4 is 10.6 Å². The van der Waals surface area contributed by atoms with Gasteiger partial charge in [0.2, 0.25) is 5.95 Å². The molecule has 3 rings (SSSR count). The molecular weight excluding hydrogens is 282 g/mol. The van der Waals surface area contributed by atoms with Gasteiger partial charge in [0, 0.05) is 58.4 Å². The van der Waals surface area contributed by atoms with Crippen LogP contribution in [0, 0.1) is 0 Å². The van der Waals surface area contributed by atoms with Crippen molar-refractivity contribution in [3.8, 4) is 0 Å². The standard InChI is InChI=1S/C15H25N5O2/c1-21-9-7-19-3-5-20(6-4-19)14-10-13(17-15(16)18-14)12-2-8-22-11-12/h10,12H,2-9,11H2,1H3,(H2,16,17,18)/t12-/m1/s1. The lowest BCUT2D eigenvalue weighted by molar-refractivity contribution is 0.144. The molecule has 7 heteroatoms. The van der Waals surface area contributed by atoms with Crippen molar-refractivity contribution in [2.24, 2.45) is 0 Å². The van der Waals surface area contributed by atoms with E-state index in [1.165, 1.54) is 0 Å². The summed E-state index contributed by atoms with van der Waals surface area (Å²) in [5.74, 6) is 1.66. The third-order valence-electron chi connectivity index (χ3n) is 4.41. The van der Waals surface area contributed by atoms with Crippen molar-refractivity contribution in [3.05, 3.63) is 11.8 Å². The molecule has 2 N–H and O–H groups in total. The van der Waals surface area contributed by atoms with Crippen LogP contribution in [0.2, 0.25) is 0 Å². The maximum absolute atomic E-state index is 5.91. The van der Waals surface area contributed by atoms with E-state index >= 15 is 0 Å². The van der Waals surface area contributed by atoms with E-state index in [9.17, 15) is 0 Å². The summed E-state index contributed by atoms with van der Waals surface area (Å²) < 4.78 is 10.6. The second-order valence-corrected chi connectivity index (χ2v) is 5.89. The van der Waals surface area contributed by atoms with Crippen LogP contribution in [-0.2, 0) is 9.47 Å². The number of anilines is 2. The number of hydrogen-bond donors (Lipinski definition) is 1. The number of piperazine rings is 1. The summed E-state index contributed by atoms with van der Waals surface area (Å²) in [6.45, 7) is 7.28. The first-order chi connectivity index (χ1) is 10.8. The van der Waals surface area contributed by atoms with Crippen LogP contribution >= 0.6 is 0 Å². The van der Waals surface area contributed by atoms with Gasteiger partial charge in [-0.3, -0.25) is 4.90 Å². The zero-order valence-corrected chi connectivity index (χ0v) is 13.2. The van der Waals surface area contributed by atoms with Crippen LogP contribution in [0.4, 0.5) is 11.8 Å². The molecule has 1 aromatic heterocycles. The highest BCUT2D eigenvalue weighted by Crippen LogP contribution is 2.27. The number of nitrogens with two attached hydrogens (primary N) is 1. The zero-order valence-electron chi connectivity index (χ0n) is 13.2. The van der Waals surface area contributed by atoms with Gasteiger partial charge in [-0.15, -0.1) is 0 Å². The van der Waals surface area contributed by atoms with E-state index in [-0.39, 0.29) is 0 Å². The molecule has 3 heterocycles. The molecule has 1 aromatic rings. The minimum Gasteiger partial charge on any atom is -0.383 e. The summed E-state index contributed by atoms with van der Waals surface area (Å²) in [7, 11) is 1.74. The fourth-order valence-electron chi connectivity index (χ4n) is 3.03. The molecule has 2 saturated heterocycles. The minimum absolute atomic E-state index is 0.354. The summed E-state index contributed by atoms with van der Waals surface area (Å²) in [6.07, 6.45) is 1.01. The Morgan fingerprint density at radius 1 is 1.32 bits per heavy atom. The van der Waals surface area contributed by atoms with Crippen LogP contribution in [0.5, 0.6) is 0 Å². The smallest absolute Gasteiger partial charge is 0.222 e. The molecule has 1 atom stereocenters. The van der Waals surface area contributed by atoms with E-state index in [1.807, 2.05) is 0 Å². The van der Waals surface area contributed by atoms with Gasteiger partial charge in [0.1, 0.15) is 5.82 Å². The van der Waals surface area contributed by atoms with Crippen LogP contribution in [0.15, 0.2) is 6.07 Å². The fraction of sp³-hybridized carbons (Fsp3) is 0.733. The minimum atomic E-state index is 0.354. The number of methoxy groups -OCH3 is 1. The molecule has 2 fully saturated rings. The molecule has 2 aliphatic rings. The third kappa shape index (κ3) is 3.66. The van der Waals surface area contributed by atoms with Crippen molar-refractivity contribution in [1.82, 2.24) is 14.9 Å². The Morgan fingerprint density at radius 3 is 2.82 bits per heavy atom. The summed E-state index contributed by atoms with van der Waals surface area (Å²) in [5, 5.41) is 0. The number of rotatable bonds is 5. The van der Waals surface area contributed by atoms with Gasteiger partial charge in [-0.25, -0.2) is 4.98 Å². The Balaban J connectivity index is 1.65. The largest absolute Gasteiger partial charge is 0.383 e. The van der Waals surface area contributed by atoms with Crippen LogP contribution in [-0.4, -0.2) is 74.5 Å². The number of nitrogens with zero attached hydrogens (tertiary/aromatic N) is 4. The molecule has 0 radical (unpaired) electrons. The number of aromatic nitrogens is 2. The van der Waals surface area contributed by atoms with Crippen molar-refractivity contribution in [3.63, 3.8) is 0 Å². The first-order valence-corrected chi connectivity index (χ1v) is 7.94. The van der Waals surface area contributed by atoms with Crippen molar-refractivity contribution < 1.29 is 9.47 Å². The van der Waals surface area contributed by atoms with Crippen molar-refractivity contribution in [2.75, 3.05) is 70.3 Å². The van der Waals surface area contributed by atoms with Gasteiger partial charge < -0.3 is 20.1 Å². The maximum atomic E-state index is 5.91. The molecule has 0 amide bonds. The van der Waals surface area contributed by atoms with Gasteiger partial charge in [-0.2, -0.15) is 4.98 Å². The summed E-state index contributed by atoms with van der Waals surface area (Å²) in [5.41, 5.74) is 6.93. The second-order valence-electron chi connectivity index (χ2n) is 5.89. The maximum Gasteiger partial charge on any atom is 0.222 e. The Hall–Kier alpha value is -1.44. The van der Waals surface area contributed by atoms with Gasteiger partial charge in [-0.05, 0) is 6.42 Å². The first-order valence-electron chi connectivity index (χ1n) is 7.94. The van der Waals surface area contributed by atoms with E-state index in [2.05, 4.69) is 25.8 Å². The number of ether oxygens (including phenoxy) is 2. The molecule has 22 heavy (non-hydrogen) atoms. The fourth-order valence-corrected chi connectivity index (χ4v) is 3.03. The summed E-state index contributed by atoms with van der Waals surface area (Å²) >= 11 is 0. The van der Waals surface area contributed by atoms with E-state index in [1.54, 1.807) is 7.11 Å². The number of hydrogen-bond acceptors (Lipinski definition) is 7. The topological polar surface area (TPSA) is 76.7 Å². The molecule has 2 aliphatic heterocycles. The number of nitrogen functional groups attached to an aromatic ring is 1. The molecule has 0 bridgehead atoms. The van der Waals surface area contributed by atoms with Gasteiger partial charge in [-0.1, -0.05) is 0 Å². The lowest BCUT2D eigenvalue weighted by Gasteiger charge is -2.35. The second kappa shape index (κ2) is 7.21. The van der Waals surface area contributed by atoms with Gasteiger partial charge in [0.05, 0.1) is 18.9 Å². The summed E-state index contributed by atoms with van der Waals surface area (Å²) in [4.78, 5) is 13.5. The van der Waals surface area contributed by atoms with Gasteiger partial charge in [0.25, 0.3) is 0 Å². The van der Waals surface area contributed by atoms with Crippen LogP contribution in [0.25, 0.3) is 0 Å². The van der Waals surface area contributed by atoms with Gasteiger partial charge in [0.15, 0.2) is 0 Å². The summed E-state index contributed by atoms with van der Waals surface area (Å²) in [6, 6.07) is 2.08. The van der Waals surface area contributed by atoms with E-state index in [4.69, 9.17) is 15.2 Å². The molecule has 0 saturated carbocycles. The Kier molecular flexibility index (Phi) is 5.07. The predicted molar refractivity (Wildman–Crippen MR) is 85.2 cm³/mol. The van der Waals surface area contributed by atoms with Crippen molar-refractivity contribution >= 4 is 11.8 Å². The highest BCUT2D eigenvalue weighted by molar-refractivity contribution is 5.45. The van der Waals surface area contributed by atoms with Crippen molar-refractivity contribution in [2.45, 2.75) is 12.3 Å². The lowest BCUT2D eigenvalue weighted by Crippen LogP contribution is -2.47. The predicted octanol–water partition coefficient (Wildman–Crippen LogP) is 0.331. The van der Waals surface area contributed by atoms with Crippen LogP contribution in [0.3, 0.4) is 0 Å². The van der Waals surface area contributed by atoms with Gasteiger partial charge >= 0.3 is 0 Å². The van der Waals surface area contributed by atoms with E-state index in [0.717, 1.165) is 70.5 Å². The quantitative estimate of drug-likeness (QED) is 0.840. The molecular formula is C15H25N5O2. The average Bonchev–Trinajstić information content (AvgIpc) is 3.07. The normalized spacial score (nSPS) is 23.1. The SMILES string of the molecule is COCCN1CCN(c2cc([C@@H]3CCOC3)nc(N)n2)CC1. The highest BCUT2D eigenvalue weighted by Gasteiger charge is 2.23. The molecule has 0 aliphatic carbocycles. The monoisotopic (exact) mass is 307 g/mol. The molecule has 0 unspecified atom stereocenters. The first kappa shape index (κ1) is 15.5. The Labute approximate surface area is 131 Å². The van der Waals surface area contributed by atoms with E-state index < -0.39 is 0 Å². The van der Waals surface area contributed by atoms with E-state index in [0.29, 0.717) is 11.9 Å². The highest BCUT2D eigenvalue weighted by atomic mass is 16.5.